The second-order valence-electron chi connectivity index (χ2n) is 3.26. The van der Waals surface area contributed by atoms with E-state index in [2.05, 4.69) is 9.88 Å². The summed E-state index contributed by atoms with van der Waals surface area (Å²) in [5, 5.41) is 9.15. The molecule has 0 saturated carbocycles. The van der Waals surface area contributed by atoms with Gasteiger partial charge in [0.25, 0.3) is 0 Å². The van der Waals surface area contributed by atoms with Crippen LogP contribution >= 0.6 is 0 Å². The van der Waals surface area contributed by atoms with Crippen LogP contribution in [0, 0.1) is 0 Å². The Morgan fingerprint density at radius 2 is 2.21 bits per heavy atom. The Kier molecular flexibility index (Phi) is 2.96. The minimum Gasteiger partial charge on any atom is -0.392 e. The predicted octanol–water partition coefficient (Wildman–Crippen LogP) is 0.410. The van der Waals surface area contributed by atoms with Gasteiger partial charge in [0.15, 0.2) is 0 Å². The fourth-order valence-electron chi connectivity index (χ4n) is 1.65. The van der Waals surface area contributed by atoms with E-state index < -0.39 is 0 Å². The minimum atomic E-state index is 0.0422. The van der Waals surface area contributed by atoms with Crippen molar-refractivity contribution in [3.63, 3.8) is 0 Å². The van der Waals surface area contributed by atoms with Crippen molar-refractivity contribution < 1.29 is 9.84 Å². The molecule has 2 heterocycles. The molecule has 1 aliphatic heterocycles. The third-order valence-electron chi connectivity index (χ3n) is 2.40. The maximum absolute atomic E-state index is 9.15. The molecule has 0 aromatic carbocycles. The third kappa shape index (κ3) is 1.86. The van der Waals surface area contributed by atoms with Crippen molar-refractivity contribution in [1.29, 1.82) is 0 Å². The zero-order valence-corrected chi connectivity index (χ0v) is 8.02. The van der Waals surface area contributed by atoms with Gasteiger partial charge in [0.05, 0.1) is 19.8 Å². The lowest BCUT2D eigenvalue weighted by Crippen LogP contribution is -2.36. The summed E-state index contributed by atoms with van der Waals surface area (Å²) in [6, 6.07) is 1.94. The lowest BCUT2D eigenvalue weighted by atomic mass is 10.2. The number of hydrogen-bond donors (Lipinski definition) is 1. The minimum absolute atomic E-state index is 0.0422. The lowest BCUT2D eigenvalue weighted by molar-refractivity contribution is 0.122. The molecular weight excluding hydrogens is 180 g/mol. The molecular formula is C10H14N2O2. The molecule has 0 radical (unpaired) electrons. The molecule has 1 N–H and O–H groups in total. The molecule has 1 aliphatic rings. The summed E-state index contributed by atoms with van der Waals surface area (Å²) < 4.78 is 5.27. The van der Waals surface area contributed by atoms with Crippen molar-refractivity contribution in [2.24, 2.45) is 0 Å². The highest BCUT2D eigenvalue weighted by atomic mass is 16.5. The Labute approximate surface area is 83.1 Å². The number of ether oxygens (including phenoxy) is 1. The molecule has 0 atom stereocenters. The highest BCUT2D eigenvalue weighted by Gasteiger charge is 2.13. The van der Waals surface area contributed by atoms with Crippen LogP contribution in [-0.4, -0.2) is 36.4 Å². The maximum atomic E-state index is 9.15. The topological polar surface area (TPSA) is 45.6 Å². The van der Waals surface area contributed by atoms with Crippen LogP contribution in [0.25, 0.3) is 0 Å². The third-order valence-corrected chi connectivity index (χ3v) is 2.40. The van der Waals surface area contributed by atoms with E-state index in [0.717, 1.165) is 37.6 Å². The Balaban J connectivity index is 2.20. The van der Waals surface area contributed by atoms with Gasteiger partial charge in [-0.3, -0.25) is 4.98 Å². The Hall–Kier alpha value is -1.13. The van der Waals surface area contributed by atoms with Crippen LogP contribution in [-0.2, 0) is 11.3 Å². The van der Waals surface area contributed by atoms with E-state index >= 15 is 0 Å². The SMILES string of the molecule is OCc1cnccc1N1CCOCC1. The zero-order valence-electron chi connectivity index (χ0n) is 8.02. The quantitative estimate of drug-likeness (QED) is 0.740. The highest BCUT2D eigenvalue weighted by molar-refractivity contribution is 5.52. The molecule has 4 heteroatoms. The van der Waals surface area contributed by atoms with Crippen LogP contribution in [0.5, 0.6) is 0 Å². The molecule has 76 valence electrons. The molecule has 1 saturated heterocycles. The molecule has 14 heavy (non-hydrogen) atoms. The molecule has 1 aromatic rings. The summed E-state index contributed by atoms with van der Waals surface area (Å²) in [6.07, 6.45) is 3.47. The first-order valence-corrected chi connectivity index (χ1v) is 4.78. The van der Waals surface area contributed by atoms with Crippen LogP contribution in [0.15, 0.2) is 18.5 Å². The molecule has 0 spiro atoms. The molecule has 0 amide bonds. The lowest BCUT2D eigenvalue weighted by Gasteiger charge is -2.30. The monoisotopic (exact) mass is 194 g/mol. The smallest absolute Gasteiger partial charge is 0.0717 e. The largest absolute Gasteiger partial charge is 0.392 e. The standard InChI is InChI=1S/C10H14N2O2/c13-8-9-7-11-2-1-10(9)12-3-5-14-6-4-12/h1-2,7,13H,3-6,8H2. The van der Waals surface area contributed by atoms with Gasteiger partial charge in [-0.05, 0) is 6.07 Å². The zero-order chi connectivity index (χ0) is 9.80. The van der Waals surface area contributed by atoms with Crippen molar-refractivity contribution in [3.05, 3.63) is 24.0 Å². The molecule has 0 unspecified atom stereocenters. The second kappa shape index (κ2) is 4.39. The van der Waals surface area contributed by atoms with Gasteiger partial charge in [-0.2, -0.15) is 0 Å². The van der Waals surface area contributed by atoms with Crippen molar-refractivity contribution in [2.45, 2.75) is 6.61 Å². The number of anilines is 1. The van der Waals surface area contributed by atoms with Gasteiger partial charge in [0.2, 0.25) is 0 Å². The fourth-order valence-corrected chi connectivity index (χ4v) is 1.65. The van der Waals surface area contributed by atoms with Gasteiger partial charge < -0.3 is 14.7 Å². The Morgan fingerprint density at radius 3 is 2.93 bits per heavy atom. The van der Waals surface area contributed by atoms with Crippen molar-refractivity contribution in [3.8, 4) is 0 Å². The molecule has 4 nitrogen and oxygen atoms in total. The summed E-state index contributed by atoms with van der Waals surface area (Å²) in [6.45, 7) is 3.33. The van der Waals surface area contributed by atoms with Gasteiger partial charge in [0.1, 0.15) is 0 Å². The molecule has 2 rings (SSSR count). The van der Waals surface area contributed by atoms with Gasteiger partial charge in [-0.1, -0.05) is 0 Å². The van der Waals surface area contributed by atoms with Crippen LogP contribution in [0.3, 0.4) is 0 Å². The summed E-state index contributed by atoms with van der Waals surface area (Å²) in [5.41, 5.74) is 1.96. The number of morpholine rings is 1. The molecule has 0 aliphatic carbocycles. The highest BCUT2D eigenvalue weighted by Crippen LogP contribution is 2.19. The predicted molar refractivity (Wildman–Crippen MR) is 53.2 cm³/mol. The normalized spacial score (nSPS) is 17.1. The number of aliphatic hydroxyl groups excluding tert-OH is 1. The van der Waals surface area contributed by atoms with E-state index in [1.54, 1.807) is 12.4 Å². The first kappa shape index (κ1) is 9.43. The van der Waals surface area contributed by atoms with E-state index in [1.165, 1.54) is 0 Å². The number of nitrogens with zero attached hydrogens (tertiary/aromatic N) is 2. The van der Waals surface area contributed by atoms with Crippen molar-refractivity contribution in [2.75, 3.05) is 31.2 Å². The van der Waals surface area contributed by atoms with Crippen molar-refractivity contribution >= 4 is 5.69 Å². The maximum Gasteiger partial charge on any atom is 0.0717 e. The summed E-state index contributed by atoms with van der Waals surface area (Å²) in [5.74, 6) is 0. The molecule has 0 bridgehead atoms. The van der Waals surface area contributed by atoms with E-state index in [9.17, 15) is 0 Å². The average Bonchev–Trinajstić information content (AvgIpc) is 2.30. The number of aliphatic hydroxyl groups is 1. The summed E-state index contributed by atoms with van der Waals surface area (Å²) >= 11 is 0. The average molecular weight is 194 g/mol. The van der Waals surface area contributed by atoms with Crippen LogP contribution in [0.1, 0.15) is 5.56 Å². The summed E-state index contributed by atoms with van der Waals surface area (Å²) in [4.78, 5) is 6.21. The Morgan fingerprint density at radius 1 is 1.43 bits per heavy atom. The van der Waals surface area contributed by atoms with Gasteiger partial charge in [0, 0.05) is 36.7 Å². The van der Waals surface area contributed by atoms with Gasteiger partial charge >= 0.3 is 0 Å². The Bertz CT molecular complexity index is 298. The van der Waals surface area contributed by atoms with Crippen LogP contribution < -0.4 is 4.90 Å². The van der Waals surface area contributed by atoms with Gasteiger partial charge in [-0.15, -0.1) is 0 Å². The first-order chi connectivity index (χ1) is 6.92. The molecule has 1 aromatic heterocycles. The second-order valence-corrected chi connectivity index (χ2v) is 3.26. The molecule has 1 fully saturated rings. The van der Waals surface area contributed by atoms with E-state index in [0.29, 0.717) is 0 Å². The van der Waals surface area contributed by atoms with Crippen LogP contribution in [0.2, 0.25) is 0 Å². The van der Waals surface area contributed by atoms with E-state index in [1.807, 2.05) is 6.07 Å². The summed E-state index contributed by atoms with van der Waals surface area (Å²) in [7, 11) is 0. The van der Waals surface area contributed by atoms with Gasteiger partial charge in [-0.25, -0.2) is 0 Å². The number of pyridine rings is 1. The number of hydrogen-bond acceptors (Lipinski definition) is 4. The van der Waals surface area contributed by atoms with E-state index in [-0.39, 0.29) is 6.61 Å². The van der Waals surface area contributed by atoms with E-state index in [4.69, 9.17) is 9.84 Å². The first-order valence-electron chi connectivity index (χ1n) is 4.78. The fraction of sp³-hybridized carbons (Fsp3) is 0.500. The number of aromatic nitrogens is 1. The van der Waals surface area contributed by atoms with Crippen LogP contribution in [0.4, 0.5) is 5.69 Å². The van der Waals surface area contributed by atoms with Crippen molar-refractivity contribution in [1.82, 2.24) is 4.98 Å². The number of rotatable bonds is 2.